The van der Waals surface area contributed by atoms with Crippen LogP contribution in [-0.2, 0) is 0 Å². The van der Waals surface area contributed by atoms with E-state index >= 15 is 0 Å². The van der Waals surface area contributed by atoms with Crippen molar-refractivity contribution in [2.24, 2.45) is 0 Å². The minimum atomic E-state index is 0.599. The summed E-state index contributed by atoms with van der Waals surface area (Å²) in [5.41, 5.74) is 0. The summed E-state index contributed by atoms with van der Waals surface area (Å²) in [4.78, 5) is 16.4. The van der Waals surface area contributed by atoms with Crippen LogP contribution in [-0.4, -0.2) is 54.1 Å². The molecule has 1 saturated heterocycles. The molecule has 1 aromatic heterocycles. The number of hydrogen-bond donors (Lipinski definition) is 0. The van der Waals surface area contributed by atoms with E-state index in [0.29, 0.717) is 6.54 Å². The topological polar surface area (TPSA) is 36.6 Å². The molecule has 1 aromatic rings. The molecule has 0 radical (unpaired) electrons. The Bertz CT molecular complexity index is 350. The number of anilines is 1. The van der Waals surface area contributed by atoms with Gasteiger partial charge in [-0.1, -0.05) is 0 Å². The van der Waals surface area contributed by atoms with E-state index in [4.69, 9.17) is 6.57 Å². The molecule has 0 spiro atoms. The molecule has 2 heterocycles. The lowest BCUT2D eigenvalue weighted by atomic mass is 10.3. The molecule has 0 aliphatic carbocycles. The van der Waals surface area contributed by atoms with Crippen molar-refractivity contribution in [1.29, 1.82) is 0 Å². The first-order chi connectivity index (χ1) is 7.90. The maximum absolute atomic E-state index is 6.76. The van der Waals surface area contributed by atoms with Gasteiger partial charge in [0.15, 0.2) is 0 Å². The first-order valence-electron chi connectivity index (χ1n) is 5.47. The lowest BCUT2D eigenvalue weighted by Gasteiger charge is -2.33. The summed E-state index contributed by atoms with van der Waals surface area (Å²) in [6.45, 7) is 12.1. The van der Waals surface area contributed by atoms with Gasteiger partial charge < -0.3 is 9.74 Å². The third-order valence-electron chi connectivity index (χ3n) is 2.74. The second kappa shape index (κ2) is 5.42. The van der Waals surface area contributed by atoms with E-state index in [2.05, 4.69) is 24.6 Å². The van der Waals surface area contributed by atoms with Crippen molar-refractivity contribution in [3.63, 3.8) is 0 Å². The zero-order chi connectivity index (χ0) is 11.2. The highest BCUT2D eigenvalue weighted by Crippen LogP contribution is 2.09. The Morgan fingerprint density at radius 2 is 1.88 bits per heavy atom. The largest absolute Gasteiger partial charge is 0.338 e. The first kappa shape index (κ1) is 10.8. The molecule has 0 aromatic carbocycles. The van der Waals surface area contributed by atoms with E-state index in [-0.39, 0.29) is 0 Å². The van der Waals surface area contributed by atoms with E-state index < -0.39 is 0 Å². The monoisotopic (exact) mass is 217 g/mol. The van der Waals surface area contributed by atoms with Crippen LogP contribution in [0.2, 0.25) is 0 Å². The van der Waals surface area contributed by atoms with Crippen LogP contribution in [0.1, 0.15) is 0 Å². The number of piperazine rings is 1. The van der Waals surface area contributed by atoms with Crippen LogP contribution in [0.15, 0.2) is 18.5 Å². The molecule has 84 valence electrons. The molecule has 5 nitrogen and oxygen atoms in total. The van der Waals surface area contributed by atoms with Gasteiger partial charge in [-0.3, -0.25) is 4.90 Å². The average Bonchev–Trinajstić information content (AvgIpc) is 2.38. The summed E-state index contributed by atoms with van der Waals surface area (Å²) in [5, 5.41) is 0. The maximum atomic E-state index is 6.76. The quantitative estimate of drug-likeness (QED) is 0.692. The molecule has 0 N–H and O–H groups in total. The van der Waals surface area contributed by atoms with Crippen molar-refractivity contribution in [2.75, 3.05) is 44.2 Å². The molecular weight excluding hydrogens is 202 g/mol. The first-order valence-corrected chi connectivity index (χ1v) is 5.47. The molecule has 2 rings (SSSR count). The van der Waals surface area contributed by atoms with Crippen LogP contribution in [0.4, 0.5) is 5.95 Å². The molecule has 0 saturated carbocycles. The second-order valence-electron chi connectivity index (χ2n) is 3.76. The fourth-order valence-corrected chi connectivity index (χ4v) is 1.82. The maximum Gasteiger partial charge on any atom is 0.227 e. The van der Waals surface area contributed by atoms with Crippen molar-refractivity contribution in [3.05, 3.63) is 29.9 Å². The second-order valence-corrected chi connectivity index (χ2v) is 3.76. The molecule has 5 heteroatoms. The minimum absolute atomic E-state index is 0.599. The minimum Gasteiger partial charge on any atom is -0.338 e. The normalized spacial score (nSPS) is 17.1. The van der Waals surface area contributed by atoms with E-state index in [0.717, 1.165) is 38.7 Å². The van der Waals surface area contributed by atoms with Gasteiger partial charge >= 0.3 is 0 Å². The molecule has 0 unspecified atom stereocenters. The number of aromatic nitrogens is 2. The number of hydrogen-bond acceptors (Lipinski definition) is 4. The van der Waals surface area contributed by atoms with Gasteiger partial charge in [0.1, 0.15) is 0 Å². The van der Waals surface area contributed by atoms with Gasteiger partial charge in [-0.2, -0.15) is 0 Å². The molecule has 1 aliphatic heterocycles. The third kappa shape index (κ3) is 2.67. The molecule has 1 fully saturated rings. The van der Waals surface area contributed by atoms with E-state index in [1.807, 2.05) is 6.07 Å². The lowest BCUT2D eigenvalue weighted by molar-refractivity contribution is 0.268. The van der Waals surface area contributed by atoms with E-state index in [1.54, 1.807) is 12.4 Å². The molecule has 0 amide bonds. The zero-order valence-corrected chi connectivity index (χ0v) is 9.21. The van der Waals surface area contributed by atoms with Crippen molar-refractivity contribution in [3.8, 4) is 0 Å². The Labute approximate surface area is 95.5 Å². The van der Waals surface area contributed by atoms with Gasteiger partial charge in [-0.05, 0) is 6.07 Å². The van der Waals surface area contributed by atoms with Crippen molar-refractivity contribution in [1.82, 2.24) is 14.9 Å². The summed E-state index contributed by atoms with van der Waals surface area (Å²) in [6, 6.07) is 1.83. The SMILES string of the molecule is [C-]#[N+]CCN1CCN(c2ncccn2)CC1. The fourth-order valence-electron chi connectivity index (χ4n) is 1.82. The van der Waals surface area contributed by atoms with Gasteiger partial charge in [-0.15, -0.1) is 0 Å². The smallest absolute Gasteiger partial charge is 0.227 e. The molecule has 16 heavy (non-hydrogen) atoms. The Morgan fingerprint density at radius 3 is 2.50 bits per heavy atom. The van der Waals surface area contributed by atoms with Gasteiger partial charge in [0.05, 0.1) is 6.54 Å². The third-order valence-corrected chi connectivity index (χ3v) is 2.74. The predicted molar refractivity (Wildman–Crippen MR) is 62.2 cm³/mol. The molecule has 1 aliphatic rings. The zero-order valence-electron chi connectivity index (χ0n) is 9.21. The Morgan fingerprint density at radius 1 is 1.19 bits per heavy atom. The van der Waals surface area contributed by atoms with Crippen molar-refractivity contribution < 1.29 is 0 Å². The number of nitrogens with zero attached hydrogens (tertiary/aromatic N) is 5. The number of rotatable bonds is 3. The summed E-state index contributed by atoms with van der Waals surface area (Å²) in [6.07, 6.45) is 3.54. The van der Waals surface area contributed by atoms with Crippen LogP contribution >= 0.6 is 0 Å². The summed E-state index contributed by atoms with van der Waals surface area (Å²) < 4.78 is 0. The summed E-state index contributed by atoms with van der Waals surface area (Å²) in [5.74, 6) is 0.812. The van der Waals surface area contributed by atoms with Crippen LogP contribution in [0.3, 0.4) is 0 Å². The fraction of sp³-hybridized carbons (Fsp3) is 0.545. The Hall–Kier alpha value is -1.67. The Balaban J connectivity index is 1.84. The van der Waals surface area contributed by atoms with Gasteiger partial charge in [0.25, 0.3) is 0 Å². The molecule has 0 atom stereocenters. The van der Waals surface area contributed by atoms with Crippen LogP contribution < -0.4 is 4.90 Å². The van der Waals surface area contributed by atoms with Crippen LogP contribution in [0.25, 0.3) is 4.85 Å². The average molecular weight is 217 g/mol. The summed E-state index contributed by atoms with van der Waals surface area (Å²) in [7, 11) is 0. The summed E-state index contributed by atoms with van der Waals surface area (Å²) >= 11 is 0. The Kier molecular flexibility index (Phi) is 3.67. The van der Waals surface area contributed by atoms with Gasteiger partial charge in [0, 0.05) is 38.6 Å². The van der Waals surface area contributed by atoms with E-state index in [1.165, 1.54) is 0 Å². The highest BCUT2D eigenvalue weighted by molar-refractivity contribution is 5.29. The lowest BCUT2D eigenvalue weighted by Crippen LogP contribution is -2.47. The molecule has 0 bridgehead atoms. The van der Waals surface area contributed by atoms with Crippen LogP contribution in [0, 0.1) is 6.57 Å². The highest BCUT2D eigenvalue weighted by Gasteiger charge is 2.18. The van der Waals surface area contributed by atoms with Crippen molar-refractivity contribution >= 4 is 5.95 Å². The molecular formula is C11H15N5. The standard InChI is InChI=1S/C11H15N5/c1-12-5-6-15-7-9-16(10-8-15)11-13-3-2-4-14-11/h2-4H,5-10H2. The van der Waals surface area contributed by atoms with Crippen LogP contribution in [0.5, 0.6) is 0 Å². The van der Waals surface area contributed by atoms with Gasteiger partial charge in [0.2, 0.25) is 12.5 Å². The predicted octanol–water partition coefficient (Wildman–Crippen LogP) is 0.518. The highest BCUT2D eigenvalue weighted by atomic mass is 15.3. The van der Waals surface area contributed by atoms with Crippen molar-refractivity contribution in [2.45, 2.75) is 0 Å². The van der Waals surface area contributed by atoms with Gasteiger partial charge in [-0.25, -0.2) is 16.5 Å². The van der Waals surface area contributed by atoms with E-state index in [9.17, 15) is 0 Å².